The third kappa shape index (κ3) is 2.41. The molecule has 0 radical (unpaired) electrons. The zero-order valence-electron chi connectivity index (χ0n) is 13.2. The van der Waals surface area contributed by atoms with Crippen molar-refractivity contribution in [2.45, 2.75) is 0 Å². The van der Waals surface area contributed by atoms with Crippen LogP contribution in [0.1, 0.15) is 0 Å². The van der Waals surface area contributed by atoms with Crippen LogP contribution in [0.4, 0.5) is 0 Å². The Morgan fingerprint density at radius 1 is 0.520 bits per heavy atom. The number of benzene rings is 3. The second-order valence-electron chi connectivity index (χ2n) is 5.90. The maximum absolute atomic E-state index is 10.2. The molecule has 5 nitrogen and oxygen atoms in total. The highest BCUT2D eigenvalue weighted by molar-refractivity contribution is 5.77. The van der Waals surface area contributed by atoms with Crippen molar-refractivity contribution in [1.82, 2.24) is 0 Å². The van der Waals surface area contributed by atoms with Gasteiger partial charge in [0, 0.05) is 0 Å². The number of hydrogen-bond donors (Lipinski definition) is 1. The molecule has 3 aromatic carbocycles. The number of aromatic hydroxyl groups is 1. The Balaban J connectivity index is 1.58. The van der Waals surface area contributed by atoms with E-state index < -0.39 is 0 Å². The van der Waals surface area contributed by atoms with Crippen LogP contribution in [-0.2, 0) is 0 Å². The SMILES string of the molecule is Oc1cc(-c2ccc3c(c2)OCO3)cc(-c2ccc3c(c2)OCO3)c1. The summed E-state index contributed by atoms with van der Waals surface area (Å²) in [5, 5.41) is 10.2. The number of phenols is 1. The molecule has 0 spiro atoms. The van der Waals surface area contributed by atoms with Gasteiger partial charge in [-0.15, -0.1) is 0 Å². The minimum Gasteiger partial charge on any atom is -0.508 e. The van der Waals surface area contributed by atoms with E-state index in [2.05, 4.69) is 0 Å². The molecule has 0 amide bonds. The van der Waals surface area contributed by atoms with Gasteiger partial charge < -0.3 is 24.1 Å². The van der Waals surface area contributed by atoms with Crippen molar-refractivity contribution in [3.63, 3.8) is 0 Å². The highest BCUT2D eigenvalue weighted by Crippen LogP contribution is 2.40. The number of ether oxygens (including phenoxy) is 4. The van der Waals surface area contributed by atoms with Gasteiger partial charge in [-0.2, -0.15) is 0 Å². The second kappa shape index (κ2) is 5.34. The van der Waals surface area contributed by atoms with Gasteiger partial charge in [0.05, 0.1) is 0 Å². The van der Waals surface area contributed by atoms with Crippen LogP contribution in [0.15, 0.2) is 54.6 Å². The fourth-order valence-corrected chi connectivity index (χ4v) is 3.10. The largest absolute Gasteiger partial charge is 0.508 e. The van der Waals surface area contributed by atoms with E-state index in [0.29, 0.717) is 11.5 Å². The molecule has 0 atom stereocenters. The van der Waals surface area contributed by atoms with Gasteiger partial charge in [-0.25, -0.2) is 0 Å². The molecule has 5 rings (SSSR count). The third-order valence-corrected chi connectivity index (χ3v) is 4.33. The molecular formula is C20H14O5. The zero-order valence-corrected chi connectivity index (χ0v) is 13.2. The lowest BCUT2D eigenvalue weighted by Gasteiger charge is -2.09. The summed E-state index contributed by atoms with van der Waals surface area (Å²) in [5.41, 5.74) is 3.68. The Morgan fingerprint density at radius 3 is 1.52 bits per heavy atom. The van der Waals surface area contributed by atoms with E-state index in [1.165, 1.54) is 0 Å². The van der Waals surface area contributed by atoms with Crippen molar-refractivity contribution in [2.75, 3.05) is 13.6 Å². The Kier molecular flexibility index (Phi) is 3.00. The molecule has 0 saturated heterocycles. The summed E-state index contributed by atoms with van der Waals surface area (Å²) >= 11 is 0. The predicted molar refractivity (Wildman–Crippen MR) is 91.2 cm³/mol. The van der Waals surface area contributed by atoms with Crippen molar-refractivity contribution >= 4 is 0 Å². The average Bonchev–Trinajstić information content (AvgIpc) is 3.28. The monoisotopic (exact) mass is 334 g/mol. The van der Waals surface area contributed by atoms with E-state index in [-0.39, 0.29) is 19.3 Å². The summed E-state index contributed by atoms with van der Waals surface area (Å²) in [7, 11) is 0. The van der Waals surface area contributed by atoms with Crippen molar-refractivity contribution in [3.8, 4) is 51.0 Å². The van der Waals surface area contributed by atoms with E-state index >= 15 is 0 Å². The Morgan fingerprint density at radius 2 is 1.00 bits per heavy atom. The summed E-state index contributed by atoms with van der Waals surface area (Å²) in [4.78, 5) is 0. The molecule has 2 heterocycles. The van der Waals surface area contributed by atoms with Crippen molar-refractivity contribution in [3.05, 3.63) is 54.6 Å². The maximum Gasteiger partial charge on any atom is 0.231 e. The van der Waals surface area contributed by atoms with E-state index in [1.807, 2.05) is 42.5 Å². The van der Waals surface area contributed by atoms with Gasteiger partial charge in [0.15, 0.2) is 23.0 Å². The molecule has 3 aromatic rings. The summed E-state index contributed by atoms with van der Waals surface area (Å²) in [5.74, 6) is 3.10. The zero-order chi connectivity index (χ0) is 16.8. The van der Waals surface area contributed by atoms with Gasteiger partial charge in [-0.3, -0.25) is 0 Å². The summed E-state index contributed by atoms with van der Waals surface area (Å²) in [6.45, 7) is 0.475. The summed E-state index contributed by atoms with van der Waals surface area (Å²) in [6.07, 6.45) is 0. The minimum atomic E-state index is 0.197. The molecule has 0 fully saturated rings. The van der Waals surface area contributed by atoms with Crippen LogP contribution in [0.25, 0.3) is 22.3 Å². The molecule has 124 valence electrons. The van der Waals surface area contributed by atoms with Gasteiger partial charge in [-0.05, 0) is 64.7 Å². The summed E-state index contributed by atoms with van der Waals surface area (Å²) in [6, 6.07) is 17.0. The first-order valence-electron chi connectivity index (χ1n) is 7.90. The lowest BCUT2D eigenvalue weighted by molar-refractivity contribution is 0.173. The van der Waals surface area contributed by atoms with E-state index in [0.717, 1.165) is 33.8 Å². The quantitative estimate of drug-likeness (QED) is 0.762. The number of hydrogen-bond acceptors (Lipinski definition) is 5. The molecule has 0 saturated carbocycles. The van der Waals surface area contributed by atoms with Crippen LogP contribution >= 0.6 is 0 Å². The lowest BCUT2D eigenvalue weighted by atomic mass is 9.98. The van der Waals surface area contributed by atoms with E-state index in [1.54, 1.807) is 12.1 Å². The van der Waals surface area contributed by atoms with Crippen molar-refractivity contribution in [1.29, 1.82) is 0 Å². The molecule has 0 aromatic heterocycles. The van der Waals surface area contributed by atoms with E-state index in [9.17, 15) is 5.11 Å². The smallest absolute Gasteiger partial charge is 0.231 e. The number of rotatable bonds is 2. The highest BCUT2D eigenvalue weighted by Gasteiger charge is 2.16. The van der Waals surface area contributed by atoms with Gasteiger partial charge in [0.25, 0.3) is 0 Å². The standard InChI is InChI=1S/C20H14O5/c21-16-6-14(12-1-3-17-19(8-12)24-10-22-17)5-15(7-16)13-2-4-18-20(9-13)25-11-23-18/h1-9,21H,10-11H2. The van der Waals surface area contributed by atoms with Crippen LogP contribution in [0.5, 0.6) is 28.7 Å². The fourth-order valence-electron chi connectivity index (χ4n) is 3.10. The van der Waals surface area contributed by atoms with Crippen LogP contribution in [0.2, 0.25) is 0 Å². The normalized spacial score (nSPS) is 13.9. The first kappa shape index (κ1) is 14.0. The van der Waals surface area contributed by atoms with Gasteiger partial charge in [-0.1, -0.05) is 12.1 Å². The Bertz CT molecular complexity index is 904. The maximum atomic E-state index is 10.2. The molecule has 1 N–H and O–H groups in total. The lowest BCUT2D eigenvalue weighted by Crippen LogP contribution is -1.92. The first-order chi connectivity index (χ1) is 12.3. The first-order valence-corrected chi connectivity index (χ1v) is 7.90. The van der Waals surface area contributed by atoms with Crippen molar-refractivity contribution in [2.24, 2.45) is 0 Å². The third-order valence-electron chi connectivity index (χ3n) is 4.33. The predicted octanol–water partition coefficient (Wildman–Crippen LogP) is 4.18. The van der Waals surface area contributed by atoms with Crippen LogP contribution in [-0.4, -0.2) is 18.7 Å². The molecule has 0 aliphatic carbocycles. The number of phenolic OH excluding ortho intramolecular Hbond substituents is 1. The van der Waals surface area contributed by atoms with Crippen LogP contribution in [0, 0.1) is 0 Å². The second-order valence-corrected chi connectivity index (χ2v) is 5.90. The van der Waals surface area contributed by atoms with E-state index in [4.69, 9.17) is 18.9 Å². The fraction of sp³-hybridized carbons (Fsp3) is 0.100. The number of fused-ring (bicyclic) bond motifs is 2. The molecule has 25 heavy (non-hydrogen) atoms. The molecule has 5 heteroatoms. The topological polar surface area (TPSA) is 57.2 Å². The molecule has 2 aliphatic rings. The molecule has 0 bridgehead atoms. The molecule has 2 aliphatic heterocycles. The molecular weight excluding hydrogens is 320 g/mol. The average molecular weight is 334 g/mol. The van der Waals surface area contributed by atoms with Crippen molar-refractivity contribution < 1.29 is 24.1 Å². The Labute approximate surface area is 144 Å². The van der Waals surface area contributed by atoms with Gasteiger partial charge >= 0.3 is 0 Å². The molecule has 0 unspecified atom stereocenters. The van der Waals surface area contributed by atoms with Crippen LogP contribution in [0.3, 0.4) is 0 Å². The summed E-state index contributed by atoms with van der Waals surface area (Å²) < 4.78 is 21.6. The Hall–Kier alpha value is -3.34. The van der Waals surface area contributed by atoms with Gasteiger partial charge in [0.1, 0.15) is 5.75 Å². The van der Waals surface area contributed by atoms with Crippen LogP contribution < -0.4 is 18.9 Å². The highest BCUT2D eigenvalue weighted by atomic mass is 16.7. The minimum absolute atomic E-state index is 0.197. The van der Waals surface area contributed by atoms with Gasteiger partial charge in [0.2, 0.25) is 13.6 Å².